The lowest BCUT2D eigenvalue weighted by Crippen LogP contribution is -2.31. The Morgan fingerprint density at radius 1 is 0.379 bits per heavy atom. The molecule has 632 valence electrons. The van der Waals surface area contributed by atoms with E-state index in [0.29, 0.717) is 51.6 Å². The summed E-state index contributed by atoms with van der Waals surface area (Å²) in [4.78, 5) is 141. The average molecular weight is 1670 g/mol. The Morgan fingerprint density at radius 2 is 0.669 bits per heavy atom. The van der Waals surface area contributed by atoms with Crippen LogP contribution >= 0.6 is 0 Å². The summed E-state index contributed by atoms with van der Waals surface area (Å²) in [5, 5.41) is 55.3. The number of likely N-dealkylation sites (N-methyl/N-ethyl adjacent to an activating group) is 6. The van der Waals surface area contributed by atoms with E-state index in [0.717, 1.165) is 51.2 Å². The van der Waals surface area contributed by atoms with Gasteiger partial charge in [0.15, 0.2) is 23.1 Å². The highest BCUT2D eigenvalue weighted by atomic mass is 16.5. The Balaban J connectivity index is 0.000000169. The van der Waals surface area contributed by atoms with Gasteiger partial charge in [-0.05, 0) is 168 Å². The molecule has 0 saturated heterocycles. The summed E-state index contributed by atoms with van der Waals surface area (Å²) < 4.78 is 10.3. The maximum Gasteiger partial charge on any atom is 0.328 e. The minimum absolute atomic E-state index is 0.0828. The lowest BCUT2D eigenvalue weighted by molar-refractivity contribution is -0.131. The van der Waals surface area contributed by atoms with Crippen molar-refractivity contribution in [2.24, 2.45) is 35.7 Å². The van der Waals surface area contributed by atoms with Crippen molar-refractivity contribution in [2.75, 3.05) is 75.5 Å². The number of carbonyl (C=O) groups is 9. The van der Waals surface area contributed by atoms with Gasteiger partial charge in [0.1, 0.15) is 86.4 Å². The fourth-order valence-electron chi connectivity index (χ4n) is 11.6. The SMILES string of the molecule is C/C=C/C1=NC(=C\c2ccc(O)cc2)/C(=O)N1C.CC(=O)C1=N/C(=C\c2ccc(O)cc2)C(=O)N1C.CN1C(=O)/C(=C/c2ccc(N(C)C)cc2)N=C1c1ccccc1.CN1C(=O)/C(=C/c2ccc(O)cc2)N=C1/C=C/C(=O)O.CN1C(=O)/C(=C/c2ccc(O)cc2)N=C1/C=C/C(N)=O.COc1cc(/C=C2\N=C(c3ccccc3)N(C)C2=O)cc(OC)c1O. The van der Waals surface area contributed by atoms with Gasteiger partial charge < -0.3 is 50.7 Å². The number of phenolic OH excluding ortho intramolecular Hbond substituents is 5. The fourth-order valence-corrected chi connectivity index (χ4v) is 11.6. The molecule has 124 heavy (non-hydrogen) atoms. The summed E-state index contributed by atoms with van der Waals surface area (Å²) in [6.07, 6.45) is 18.3. The van der Waals surface area contributed by atoms with Crippen molar-refractivity contribution in [2.45, 2.75) is 13.8 Å². The van der Waals surface area contributed by atoms with Crippen LogP contribution in [0.4, 0.5) is 5.69 Å². The first-order valence-electron chi connectivity index (χ1n) is 37.7. The van der Waals surface area contributed by atoms with E-state index in [9.17, 15) is 63.6 Å². The summed E-state index contributed by atoms with van der Waals surface area (Å²) in [7, 11) is 16.6. The first kappa shape index (κ1) is 91.2. The number of nitrogens with zero attached hydrogens (tertiary/aromatic N) is 13. The molecule has 31 heteroatoms. The van der Waals surface area contributed by atoms with Crippen LogP contribution in [0.3, 0.4) is 0 Å². The smallest absolute Gasteiger partial charge is 0.328 e. The van der Waals surface area contributed by atoms with Crippen LogP contribution in [-0.2, 0) is 43.2 Å². The van der Waals surface area contributed by atoms with Crippen LogP contribution in [0.2, 0.25) is 0 Å². The van der Waals surface area contributed by atoms with E-state index < -0.39 is 11.9 Å². The quantitative estimate of drug-likeness (QED) is 0.0416. The number of aliphatic imine (C=N–C) groups is 6. The number of benzene rings is 8. The standard InChI is InChI=1S/C19H19N3O.C19H18N2O4.C14H13N3O3.C14H12N2O4.C14H14N2O2.C13H12N2O3/c1-21(2)16-11-9-14(10-12-16)13-17-19(23)22(3)18(20-17)15-7-5-4-6-8-15;1-21-18(13-7-5-4-6-8-13)20-14(19(21)23)9-12-10-15(24-2)17(22)16(11-12)25-3;1-17-13(7-6-12(15)19)16-11(14(17)20)8-9-2-4-10(18)5-3-9;1-16-12(6-7-13(18)19)15-11(14(16)20)8-9-2-4-10(17)5-3-9;1-3-4-13-15-12(14(18)16(13)2)9-10-5-7-11(17)8-6-10;1-8(16)12-14-11(13(18)15(12)2)7-9-3-5-10(17)6-4-9/h4-13H,1-3H3;4-11,22H,1-3H3;2-8,18H,1H3,(H2,15,19);2-8,17H,1H3,(H,18,19);3-9,17H,1-2H3;3-7,17H,1-2H3/b17-13-;14-9-;2*7-6+,11-8-;4-3+,12-9-;11-7-. The number of phenols is 5. The molecule has 8 aromatic carbocycles. The predicted octanol–water partition coefficient (Wildman–Crippen LogP) is 10.9. The number of hydrogen-bond donors (Lipinski definition) is 7. The van der Waals surface area contributed by atoms with Gasteiger partial charge in [0.2, 0.25) is 11.7 Å². The monoisotopic (exact) mass is 1670 g/mol. The number of aromatic hydroxyl groups is 5. The second-order valence-electron chi connectivity index (χ2n) is 27.4. The largest absolute Gasteiger partial charge is 0.508 e. The van der Waals surface area contributed by atoms with E-state index in [-0.39, 0.29) is 110 Å². The van der Waals surface area contributed by atoms with Crippen molar-refractivity contribution in [3.8, 4) is 40.2 Å². The van der Waals surface area contributed by atoms with Crippen LogP contribution in [0.15, 0.2) is 295 Å². The molecule has 0 fully saturated rings. The number of carboxylic acid groups (broad SMARTS) is 1. The molecule has 14 rings (SSSR count). The van der Waals surface area contributed by atoms with E-state index in [2.05, 4.69) is 30.0 Å². The number of primary amides is 1. The maximum absolute atomic E-state index is 12.5. The van der Waals surface area contributed by atoms with E-state index in [4.69, 9.17) is 25.4 Å². The fraction of sp³-hybridized carbons (Fsp3) is 0.129. The Kier molecular flexibility index (Phi) is 30.9. The van der Waals surface area contributed by atoms with Crippen molar-refractivity contribution in [3.63, 3.8) is 0 Å². The van der Waals surface area contributed by atoms with E-state index in [1.165, 1.54) is 108 Å². The molecule has 0 bridgehead atoms. The number of carbonyl (C=O) groups excluding carboxylic acids is 8. The Hall–Kier alpha value is -16.7. The first-order chi connectivity index (χ1) is 59.1. The van der Waals surface area contributed by atoms with Gasteiger partial charge in [-0.1, -0.05) is 127 Å². The lowest BCUT2D eigenvalue weighted by atomic mass is 10.1. The number of Topliss-reactive ketones (excluding diaryl/α,β-unsaturated/α-hetero) is 1. The molecule has 0 aromatic heterocycles. The van der Waals surface area contributed by atoms with Gasteiger partial charge in [0.25, 0.3) is 35.4 Å². The molecule has 0 saturated carbocycles. The third-order valence-corrected chi connectivity index (χ3v) is 18.3. The molecule has 0 spiro atoms. The zero-order valence-electron chi connectivity index (χ0n) is 69.5. The zero-order valence-corrected chi connectivity index (χ0v) is 69.5. The summed E-state index contributed by atoms with van der Waals surface area (Å²) >= 11 is 0. The highest BCUT2D eigenvalue weighted by molar-refractivity contribution is 6.43. The minimum atomic E-state index is -1.11. The molecule has 31 nitrogen and oxygen atoms in total. The number of ether oxygens (including phenoxy) is 2. The minimum Gasteiger partial charge on any atom is -0.508 e. The normalized spacial score (nSPS) is 16.7. The van der Waals surface area contributed by atoms with E-state index in [1.807, 2.05) is 123 Å². The van der Waals surface area contributed by atoms with E-state index in [1.54, 1.807) is 142 Å². The number of methoxy groups -OCH3 is 2. The topological polar surface area (TPSA) is 416 Å². The van der Waals surface area contributed by atoms with Gasteiger partial charge in [-0.3, -0.25) is 67.8 Å². The molecule has 0 atom stereocenters. The van der Waals surface area contributed by atoms with Crippen molar-refractivity contribution >= 4 is 130 Å². The van der Waals surface area contributed by atoms with Crippen molar-refractivity contribution in [3.05, 3.63) is 309 Å². The second kappa shape index (κ2) is 42.1. The number of nitrogens with two attached hydrogens (primary N) is 1. The summed E-state index contributed by atoms with van der Waals surface area (Å²) in [6, 6.07) is 56.2. The van der Waals surface area contributed by atoms with Gasteiger partial charge in [0.05, 0.1) is 14.2 Å². The van der Waals surface area contributed by atoms with Crippen LogP contribution in [-0.4, -0.2) is 219 Å². The van der Waals surface area contributed by atoms with Gasteiger partial charge in [0, 0.05) is 92.3 Å². The van der Waals surface area contributed by atoms with Crippen LogP contribution in [0, 0.1) is 0 Å². The molecule has 6 aliphatic rings. The average Bonchev–Trinajstić information content (AvgIpc) is 1.64. The van der Waals surface area contributed by atoms with Crippen molar-refractivity contribution in [1.82, 2.24) is 29.4 Å². The summed E-state index contributed by atoms with van der Waals surface area (Å²) in [5.41, 5.74) is 14.4. The number of rotatable bonds is 17. The summed E-state index contributed by atoms with van der Waals surface area (Å²) in [5.74, 6) is 0.454. The molecule has 0 unspecified atom stereocenters. The number of amides is 7. The lowest BCUT2D eigenvalue weighted by Gasteiger charge is -2.12. The highest BCUT2D eigenvalue weighted by Crippen LogP contribution is 2.38. The molecule has 0 aliphatic carbocycles. The van der Waals surface area contributed by atoms with Crippen LogP contribution in [0.1, 0.15) is 58.4 Å². The van der Waals surface area contributed by atoms with Crippen LogP contribution in [0.25, 0.3) is 36.5 Å². The second-order valence-corrected chi connectivity index (χ2v) is 27.4. The molecule has 8 aromatic rings. The van der Waals surface area contributed by atoms with Gasteiger partial charge in [-0.15, -0.1) is 0 Å². The Morgan fingerprint density at radius 3 is 0.968 bits per heavy atom. The van der Waals surface area contributed by atoms with Gasteiger partial charge in [-0.25, -0.2) is 34.7 Å². The van der Waals surface area contributed by atoms with Crippen molar-refractivity contribution in [1.29, 1.82) is 0 Å². The molecule has 8 N–H and O–H groups in total. The van der Waals surface area contributed by atoms with E-state index >= 15 is 0 Å². The molecule has 6 heterocycles. The number of anilines is 1. The van der Waals surface area contributed by atoms with Crippen molar-refractivity contribution < 1.29 is 83.3 Å². The van der Waals surface area contributed by atoms with Gasteiger partial charge in [-0.2, -0.15) is 0 Å². The molecular weight excluding hydrogens is 1590 g/mol. The third kappa shape index (κ3) is 24.0. The highest BCUT2D eigenvalue weighted by Gasteiger charge is 2.33. The number of ketones is 1. The first-order valence-corrected chi connectivity index (χ1v) is 37.7. The molecular formula is C93H88N14O17. The number of allylic oxidation sites excluding steroid dienone is 1. The molecule has 0 radical (unpaired) electrons. The van der Waals surface area contributed by atoms with Crippen LogP contribution < -0.4 is 20.1 Å². The number of carboxylic acids is 1. The zero-order chi connectivity index (χ0) is 90.2. The molecule has 6 aliphatic heterocycles. The predicted molar refractivity (Wildman–Crippen MR) is 475 cm³/mol. The maximum atomic E-state index is 12.5. The summed E-state index contributed by atoms with van der Waals surface area (Å²) in [6.45, 7) is 3.24. The Bertz CT molecular complexity index is 5780. The third-order valence-electron chi connectivity index (χ3n) is 18.3. The number of aliphatic carboxylic acids is 1. The van der Waals surface area contributed by atoms with Crippen LogP contribution in [0.5, 0.6) is 40.2 Å². The number of hydrogen-bond acceptors (Lipinski definition) is 23. The Labute approximate surface area is 714 Å². The molecule has 7 amide bonds. The number of amidine groups is 6. The van der Waals surface area contributed by atoms with Gasteiger partial charge >= 0.3 is 5.97 Å².